The van der Waals surface area contributed by atoms with Crippen LogP contribution in [0.5, 0.6) is 11.5 Å². The van der Waals surface area contributed by atoms with Crippen LogP contribution in [0.25, 0.3) is 16.9 Å². The van der Waals surface area contributed by atoms with Gasteiger partial charge in [0.25, 0.3) is 5.91 Å². The first-order valence-corrected chi connectivity index (χ1v) is 10.1. The van der Waals surface area contributed by atoms with Crippen molar-refractivity contribution < 1.29 is 14.3 Å². The van der Waals surface area contributed by atoms with Gasteiger partial charge in [-0.15, -0.1) is 5.10 Å². The number of fused-ring (bicyclic) bond motifs is 1. The number of carbonyl (C=O) groups is 1. The van der Waals surface area contributed by atoms with Gasteiger partial charge in [-0.2, -0.15) is 14.8 Å². The number of aromatic nitrogens is 6. The summed E-state index contributed by atoms with van der Waals surface area (Å²) in [5.41, 5.74) is 2.51. The molecule has 31 heavy (non-hydrogen) atoms. The Morgan fingerprint density at radius 3 is 2.68 bits per heavy atom. The predicted octanol–water partition coefficient (Wildman–Crippen LogP) is 2.57. The van der Waals surface area contributed by atoms with Crippen LogP contribution < -0.4 is 14.8 Å². The maximum Gasteiger partial charge on any atom is 0.272 e. The highest BCUT2D eigenvalue weighted by atomic mass is 79.9. The van der Waals surface area contributed by atoms with Crippen molar-refractivity contribution in [2.45, 2.75) is 13.5 Å². The van der Waals surface area contributed by atoms with Crippen LogP contribution in [0.1, 0.15) is 21.7 Å². The number of halogens is 1. The summed E-state index contributed by atoms with van der Waals surface area (Å²) in [4.78, 5) is 21.8. The number of hydrogen-bond acceptors (Lipinski definition) is 7. The smallest absolute Gasteiger partial charge is 0.272 e. The van der Waals surface area contributed by atoms with Gasteiger partial charge in [0.2, 0.25) is 10.7 Å². The van der Waals surface area contributed by atoms with Gasteiger partial charge in [0, 0.05) is 36.3 Å². The number of aryl methyl sites for hydroxylation is 2. The second-order valence-electron chi connectivity index (χ2n) is 6.77. The lowest BCUT2D eigenvalue weighted by atomic mass is 10.1. The van der Waals surface area contributed by atoms with Crippen LogP contribution in [0, 0.1) is 6.92 Å². The van der Waals surface area contributed by atoms with Crippen molar-refractivity contribution in [2.75, 3.05) is 14.2 Å². The van der Waals surface area contributed by atoms with Gasteiger partial charge >= 0.3 is 0 Å². The summed E-state index contributed by atoms with van der Waals surface area (Å²) in [6.45, 7) is 2.12. The molecule has 160 valence electrons. The molecule has 0 unspecified atom stereocenters. The Morgan fingerprint density at radius 2 is 2.00 bits per heavy atom. The molecule has 1 N–H and O–H groups in total. The van der Waals surface area contributed by atoms with Crippen molar-refractivity contribution in [3.8, 4) is 17.4 Å². The number of pyridine rings is 1. The highest BCUT2D eigenvalue weighted by Crippen LogP contribution is 2.25. The average Bonchev–Trinajstić information content (AvgIpc) is 3.30. The van der Waals surface area contributed by atoms with Gasteiger partial charge < -0.3 is 14.8 Å². The Hall–Kier alpha value is -3.47. The SMILES string of the molecule is COc1ccc(CNC(=O)c2nn(-c3nc(Br)nn3C)c3cnc(C)cc23)c(OC)c1. The van der Waals surface area contributed by atoms with E-state index in [0.717, 1.165) is 11.3 Å². The zero-order valence-corrected chi connectivity index (χ0v) is 19.0. The van der Waals surface area contributed by atoms with Gasteiger partial charge in [-0.25, -0.2) is 4.68 Å². The predicted molar refractivity (Wildman–Crippen MR) is 117 cm³/mol. The van der Waals surface area contributed by atoms with E-state index in [9.17, 15) is 4.79 Å². The van der Waals surface area contributed by atoms with Crippen LogP contribution in [0.15, 0.2) is 35.2 Å². The van der Waals surface area contributed by atoms with E-state index < -0.39 is 0 Å². The number of rotatable bonds is 6. The van der Waals surface area contributed by atoms with Crippen molar-refractivity contribution in [1.29, 1.82) is 0 Å². The Balaban J connectivity index is 1.69. The van der Waals surface area contributed by atoms with Crippen molar-refractivity contribution in [2.24, 2.45) is 7.05 Å². The first kappa shape index (κ1) is 20.8. The van der Waals surface area contributed by atoms with Crippen molar-refractivity contribution in [1.82, 2.24) is 34.8 Å². The molecule has 3 heterocycles. The van der Waals surface area contributed by atoms with Crippen LogP contribution in [0.2, 0.25) is 0 Å². The lowest BCUT2D eigenvalue weighted by molar-refractivity contribution is 0.0947. The Kier molecular flexibility index (Phi) is 5.59. The maximum absolute atomic E-state index is 13.1. The molecule has 0 saturated heterocycles. The molecule has 0 fully saturated rings. The second kappa shape index (κ2) is 8.34. The number of nitrogens with one attached hydrogen (secondary N) is 1. The van der Waals surface area contributed by atoms with Crippen LogP contribution in [-0.2, 0) is 13.6 Å². The van der Waals surface area contributed by atoms with Crippen LogP contribution >= 0.6 is 15.9 Å². The molecular formula is C20H20BrN7O3. The quantitative estimate of drug-likeness (QED) is 0.446. The number of methoxy groups -OCH3 is 2. The van der Waals surface area contributed by atoms with Crippen LogP contribution in [0.4, 0.5) is 0 Å². The van der Waals surface area contributed by atoms with Gasteiger partial charge in [0.1, 0.15) is 11.5 Å². The first-order valence-electron chi connectivity index (χ1n) is 9.32. The lowest BCUT2D eigenvalue weighted by Gasteiger charge is -2.11. The number of hydrogen-bond donors (Lipinski definition) is 1. The highest BCUT2D eigenvalue weighted by Gasteiger charge is 2.21. The average molecular weight is 486 g/mol. The minimum Gasteiger partial charge on any atom is -0.497 e. The van der Waals surface area contributed by atoms with E-state index in [2.05, 4.69) is 41.4 Å². The molecular weight excluding hydrogens is 466 g/mol. The van der Waals surface area contributed by atoms with E-state index >= 15 is 0 Å². The molecule has 0 spiro atoms. The van der Waals surface area contributed by atoms with Crippen molar-refractivity contribution in [3.05, 3.63) is 52.1 Å². The minimum atomic E-state index is -0.326. The molecule has 1 amide bonds. The topological polar surface area (TPSA) is 109 Å². The number of ether oxygens (including phenoxy) is 2. The molecule has 3 aromatic heterocycles. The molecule has 11 heteroatoms. The third-order valence-corrected chi connectivity index (χ3v) is 5.09. The van der Waals surface area contributed by atoms with Crippen LogP contribution in [0.3, 0.4) is 0 Å². The summed E-state index contributed by atoms with van der Waals surface area (Å²) in [6, 6.07) is 7.26. The zero-order valence-electron chi connectivity index (χ0n) is 17.4. The lowest BCUT2D eigenvalue weighted by Crippen LogP contribution is -2.24. The number of carbonyl (C=O) groups excluding carboxylic acids is 1. The monoisotopic (exact) mass is 485 g/mol. The van der Waals surface area contributed by atoms with E-state index in [-0.39, 0.29) is 18.1 Å². The van der Waals surface area contributed by atoms with E-state index in [1.54, 1.807) is 42.9 Å². The molecule has 0 bridgehead atoms. The summed E-state index contributed by atoms with van der Waals surface area (Å²) in [5.74, 6) is 1.43. The Labute approximate surface area is 186 Å². The normalized spacial score (nSPS) is 11.0. The molecule has 4 aromatic rings. The second-order valence-corrected chi connectivity index (χ2v) is 7.48. The Bertz CT molecular complexity index is 1280. The van der Waals surface area contributed by atoms with E-state index in [1.165, 1.54) is 0 Å². The largest absolute Gasteiger partial charge is 0.497 e. The first-order chi connectivity index (χ1) is 14.9. The molecule has 1 aromatic carbocycles. The number of nitrogens with zero attached hydrogens (tertiary/aromatic N) is 6. The fourth-order valence-corrected chi connectivity index (χ4v) is 3.62. The van der Waals surface area contributed by atoms with Crippen molar-refractivity contribution in [3.63, 3.8) is 0 Å². The third-order valence-electron chi connectivity index (χ3n) is 4.76. The zero-order chi connectivity index (χ0) is 22.1. The molecule has 4 rings (SSSR count). The van der Waals surface area contributed by atoms with E-state index in [1.807, 2.05) is 25.1 Å². The van der Waals surface area contributed by atoms with Gasteiger partial charge in [0.05, 0.1) is 25.9 Å². The molecule has 0 atom stereocenters. The van der Waals surface area contributed by atoms with Gasteiger partial charge in [-0.3, -0.25) is 9.78 Å². The van der Waals surface area contributed by atoms with Gasteiger partial charge in [-0.1, -0.05) is 0 Å². The highest BCUT2D eigenvalue weighted by molar-refractivity contribution is 9.10. The summed E-state index contributed by atoms with van der Waals surface area (Å²) >= 11 is 3.27. The molecule has 0 aliphatic heterocycles. The summed E-state index contributed by atoms with van der Waals surface area (Å²) in [5, 5.41) is 12.3. The van der Waals surface area contributed by atoms with Crippen molar-refractivity contribution >= 4 is 32.7 Å². The number of amides is 1. The molecule has 0 aliphatic carbocycles. The Morgan fingerprint density at radius 1 is 1.19 bits per heavy atom. The fraction of sp³-hybridized carbons (Fsp3) is 0.250. The summed E-state index contributed by atoms with van der Waals surface area (Å²) < 4.78 is 14.2. The summed E-state index contributed by atoms with van der Waals surface area (Å²) in [7, 11) is 4.91. The number of benzene rings is 1. The van der Waals surface area contributed by atoms with Gasteiger partial charge in [-0.05, 0) is 41.1 Å². The summed E-state index contributed by atoms with van der Waals surface area (Å²) in [6.07, 6.45) is 1.67. The fourth-order valence-electron chi connectivity index (χ4n) is 3.23. The molecule has 0 radical (unpaired) electrons. The van der Waals surface area contributed by atoms with E-state index in [0.29, 0.717) is 33.1 Å². The molecule has 10 nitrogen and oxygen atoms in total. The molecule has 0 saturated carbocycles. The minimum absolute atomic E-state index is 0.264. The third kappa shape index (κ3) is 3.96. The standard InChI is InChI=1S/C20H20BrN7O3/c1-11-7-14-15(10-22-11)28(20-24-19(21)26-27(20)2)25-17(14)18(29)23-9-12-5-6-13(30-3)8-16(12)31-4/h5-8,10H,9H2,1-4H3,(H,23,29). The van der Waals surface area contributed by atoms with Gasteiger partial charge in [0.15, 0.2) is 5.69 Å². The molecule has 0 aliphatic rings. The van der Waals surface area contributed by atoms with Crippen LogP contribution in [-0.4, -0.2) is 49.7 Å². The van der Waals surface area contributed by atoms with E-state index in [4.69, 9.17) is 9.47 Å². The maximum atomic E-state index is 13.1.